The summed E-state index contributed by atoms with van der Waals surface area (Å²) in [5.74, 6) is 0.128. The highest BCUT2D eigenvalue weighted by Gasteiger charge is 2.35. The lowest BCUT2D eigenvalue weighted by Gasteiger charge is -2.33. The van der Waals surface area contributed by atoms with Crippen LogP contribution in [0.25, 0.3) is 0 Å². The monoisotopic (exact) mass is 256 g/mol. The zero-order valence-corrected chi connectivity index (χ0v) is 11.7. The molecule has 98 valence electrons. The molecule has 3 N–H and O–H groups in total. The van der Waals surface area contributed by atoms with E-state index in [1.54, 1.807) is 0 Å². The predicted octanol–water partition coefficient (Wildman–Crippen LogP) is 2.53. The Morgan fingerprint density at radius 3 is 2.47 bits per heavy atom. The summed E-state index contributed by atoms with van der Waals surface area (Å²) < 4.78 is 0. The predicted molar refractivity (Wildman–Crippen MR) is 74.8 cm³/mol. The van der Waals surface area contributed by atoms with E-state index < -0.39 is 0 Å². The van der Waals surface area contributed by atoms with Gasteiger partial charge in [-0.2, -0.15) is 0 Å². The maximum atomic E-state index is 12.3. The van der Waals surface area contributed by atoms with Crippen molar-refractivity contribution >= 4 is 23.1 Å². The summed E-state index contributed by atoms with van der Waals surface area (Å²) in [5, 5.41) is 3.02. The molecule has 1 saturated carbocycles. The third-order valence-electron chi connectivity index (χ3n) is 3.73. The first-order valence-electron chi connectivity index (χ1n) is 6.60. The molecule has 1 rings (SSSR count). The molecule has 0 bridgehead atoms. The van der Waals surface area contributed by atoms with Crippen molar-refractivity contribution in [1.82, 2.24) is 5.32 Å². The third kappa shape index (κ3) is 3.95. The number of hydrogen-bond acceptors (Lipinski definition) is 2. The van der Waals surface area contributed by atoms with Crippen molar-refractivity contribution in [1.29, 1.82) is 0 Å². The van der Waals surface area contributed by atoms with Gasteiger partial charge in [0.1, 0.15) is 0 Å². The van der Waals surface area contributed by atoms with Gasteiger partial charge in [0.25, 0.3) is 0 Å². The van der Waals surface area contributed by atoms with Gasteiger partial charge in [0, 0.05) is 5.41 Å². The number of rotatable bonds is 5. The molecular weight excluding hydrogens is 232 g/mol. The molecule has 17 heavy (non-hydrogen) atoms. The van der Waals surface area contributed by atoms with Gasteiger partial charge in [-0.05, 0) is 19.3 Å². The van der Waals surface area contributed by atoms with Crippen LogP contribution in [0.2, 0.25) is 0 Å². The summed E-state index contributed by atoms with van der Waals surface area (Å²) in [5.41, 5.74) is 5.45. The number of hydrogen-bond donors (Lipinski definition) is 2. The average molecular weight is 256 g/mol. The SMILES string of the molecule is CCCC(NC(=O)C1(C)CCCCC1)C(N)=S. The van der Waals surface area contributed by atoms with Crippen LogP contribution in [-0.4, -0.2) is 16.9 Å². The number of nitrogens with one attached hydrogen (secondary N) is 1. The van der Waals surface area contributed by atoms with Gasteiger partial charge < -0.3 is 11.1 Å². The highest BCUT2D eigenvalue weighted by atomic mass is 32.1. The van der Waals surface area contributed by atoms with Crippen molar-refractivity contribution in [2.45, 2.75) is 64.8 Å². The second-order valence-corrected chi connectivity index (χ2v) is 5.81. The van der Waals surface area contributed by atoms with Gasteiger partial charge in [-0.3, -0.25) is 4.79 Å². The quantitative estimate of drug-likeness (QED) is 0.743. The van der Waals surface area contributed by atoms with Gasteiger partial charge in [-0.15, -0.1) is 0 Å². The molecule has 1 aliphatic rings. The highest BCUT2D eigenvalue weighted by Crippen LogP contribution is 2.35. The van der Waals surface area contributed by atoms with Gasteiger partial charge in [-0.1, -0.05) is 51.7 Å². The number of thiocarbonyl (C=S) groups is 1. The number of nitrogens with two attached hydrogens (primary N) is 1. The Morgan fingerprint density at radius 2 is 2.00 bits per heavy atom. The number of carbonyl (C=O) groups excluding carboxylic acids is 1. The van der Waals surface area contributed by atoms with Crippen LogP contribution in [0.5, 0.6) is 0 Å². The van der Waals surface area contributed by atoms with Crippen molar-refractivity contribution in [3.63, 3.8) is 0 Å². The van der Waals surface area contributed by atoms with E-state index in [-0.39, 0.29) is 17.4 Å². The largest absolute Gasteiger partial charge is 0.392 e. The minimum Gasteiger partial charge on any atom is -0.392 e. The molecule has 1 amide bonds. The maximum absolute atomic E-state index is 12.3. The molecule has 0 radical (unpaired) electrons. The van der Waals surface area contributed by atoms with Crippen LogP contribution in [0.15, 0.2) is 0 Å². The Morgan fingerprint density at radius 1 is 1.41 bits per heavy atom. The summed E-state index contributed by atoms with van der Waals surface area (Å²) in [6, 6.07) is -0.138. The molecule has 0 saturated heterocycles. The fourth-order valence-corrected chi connectivity index (χ4v) is 2.64. The second kappa shape index (κ2) is 6.34. The Bertz CT molecular complexity index is 285. The van der Waals surface area contributed by atoms with Gasteiger partial charge in [0.05, 0.1) is 11.0 Å². The molecule has 3 nitrogen and oxygen atoms in total. The summed E-state index contributed by atoms with van der Waals surface area (Å²) in [6.45, 7) is 4.13. The van der Waals surface area contributed by atoms with Crippen molar-refractivity contribution < 1.29 is 4.79 Å². The summed E-state index contributed by atoms with van der Waals surface area (Å²) in [6.07, 6.45) is 7.31. The van der Waals surface area contributed by atoms with Crippen LogP contribution in [0, 0.1) is 5.41 Å². The molecule has 1 fully saturated rings. The zero-order valence-electron chi connectivity index (χ0n) is 10.9. The van der Waals surface area contributed by atoms with Crippen LogP contribution in [0.4, 0.5) is 0 Å². The van der Waals surface area contributed by atoms with E-state index in [4.69, 9.17) is 18.0 Å². The minimum absolute atomic E-state index is 0.128. The fourth-order valence-electron chi connectivity index (χ4n) is 2.47. The fraction of sp³-hybridized carbons (Fsp3) is 0.846. The summed E-state index contributed by atoms with van der Waals surface area (Å²) in [7, 11) is 0. The standard InChI is InChI=1S/C13H24N2OS/c1-3-7-10(11(14)17)15-12(16)13(2)8-5-4-6-9-13/h10H,3-9H2,1-2H3,(H2,14,17)(H,15,16). The van der Waals surface area contributed by atoms with Crippen molar-refractivity contribution in [2.24, 2.45) is 11.1 Å². The zero-order chi connectivity index (χ0) is 12.9. The van der Waals surface area contributed by atoms with E-state index in [2.05, 4.69) is 19.2 Å². The topological polar surface area (TPSA) is 55.1 Å². The van der Waals surface area contributed by atoms with E-state index >= 15 is 0 Å². The molecule has 0 heterocycles. The summed E-state index contributed by atoms with van der Waals surface area (Å²) in [4.78, 5) is 12.7. The van der Waals surface area contributed by atoms with Crippen LogP contribution < -0.4 is 11.1 Å². The Hall–Kier alpha value is -0.640. The smallest absolute Gasteiger partial charge is 0.226 e. The lowest BCUT2D eigenvalue weighted by molar-refractivity contribution is -0.132. The Kier molecular flexibility index (Phi) is 5.37. The first-order valence-corrected chi connectivity index (χ1v) is 7.00. The Labute approximate surface area is 110 Å². The average Bonchev–Trinajstić information content (AvgIpc) is 2.29. The molecular formula is C13H24N2OS. The third-order valence-corrected chi connectivity index (χ3v) is 4.02. The summed E-state index contributed by atoms with van der Waals surface area (Å²) >= 11 is 5.00. The Balaban J connectivity index is 2.59. The molecule has 1 aliphatic carbocycles. The van der Waals surface area contributed by atoms with E-state index in [0.717, 1.165) is 38.5 Å². The maximum Gasteiger partial charge on any atom is 0.226 e. The normalized spacial score (nSPS) is 20.6. The van der Waals surface area contributed by atoms with E-state index in [1.165, 1.54) is 6.42 Å². The van der Waals surface area contributed by atoms with E-state index in [0.29, 0.717) is 4.99 Å². The number of carbonyl (C=O) groups is 1. The van der Waals surface area contributed by atoms with Crippen molar-refractivity contribution in [2.75, 3.05) is 0 Å². The molecule has 0 spiro atoms. The van der Waals surface area contributed by atoms with Gasteiger partial charge in [-0.25, -0.2) is 0 Å². The van der Waals surface area contributed by atoms with Crippen molar-refractivity contribution in [3.8, 4) is 0 Å². The van der Waals surface area contributed by atoms with Crippen molar-refractivity contribution in [3.05, 3.63) is 0 Å². The molecule has 0 aliphatic heterocycles. The van der Waals surface area contributed by atoms with Crippen LogP contribution in [0.1, 0.15) is 58.8 Å². The lowest BCUT2D eigenvalue weighted by atomic mass is 9.75. The first-order chi connectivity index (χ1) is 7.99. The van der Waals surface area contributed by atoms with Gasteiger partial charge >= 0.3 is 0 Å². The van der Waals surface area contributed by atoms with Crippen LogP contribution in [0.3, 0.4) is 0 Å². The van der Waals surface area contributed by atoms with Crippen LogP contribution >= 0.6 is 12.2 Å². The van der Waals surface area contributed by atoms with Gasteiger partial charge in [0.2, 0.25) is 5.91 Å². The second-order valence-electron chi connectivity index (χ2n) is 5.34. The first kappa shape index (κ1) is 14.4. The molecule has 1 unspecified atom stereocenters. The van der Waals surface area contributed by atoms with Crippen LogP contribution in [-0.2, 0) is 4.79 Å². The van der Waals surface area contributed by atoms with E-state index in [1.807, 2.05) is 0 Å². The van der Waals surface area contributed by atoms with Gasteiger partial charge in [0.15, 0.2) is 0 Å². The lowest BCUT2D eigenvalue weighted by Crippen LogP contribution is -2.49. The molecule has 1 atom stereocenters. The van der Waals surface area contributed by atoms with E-state index in [9.17, 15) is 4.79 Å². The molecule has 0 aromatic heterocycles. The molecule has 4 heteroatoms. The molecule has 0 aromatic rings. The highest BCUT2D eigenvalue weighted by molar-refractivity contribution is 7.80. The molecule has 0 aromatic carbocycles. The minimum atomic E-state index is -0.213. The number of amides is 1.